The van der Waals surface area contributed by atoms with E-state index in [1.807, 2.05) is 12.1 Å². The summed E-state index contributed by atoms with van der Waals surface area (Å²) in [5, 5.41) is 10.2. The summed E-state index contributed by atoms with van der Waals surface area (Å²) in [5.74, 6) is -0.165. The minimum Gasteiger partial charge on any atom is -0.379 e. The van der Waals surface area contributed by atoms with Gasteiger partial charge in [-0.05, 0) is 96.5 Å². The van der Waals surface area contributed by atoms with E-state index in [0.29, 0.717) is 28.6 Å². The van der Waals surface area contributed by atoms with Crippen LogP contribution in [0.5, 0.6) is 0 Å². The van der Waals surface area contributed by atoms with Crippen LogP contribution in [0.25, 0.3) is 0 Å². The standard InChI is InChI=1S/C36H44BrN7O3/c1-41-20-27(16-28(21-41)39-31-18-38-42(2)35(47)33(31)37)25-8-6-24(7-9-25)19-43-14-12-36(13-15-43)22-44(23-36)29-5-3-4-26(17-29)30-10-11-32(45)40-34(30)46/h3-9,17-18,27-28,30,39H,10-16,19-23H2,1-2H3,(H,40,45,46)/t27-,28+,30?/m0/s1. The summed E-state index contributed by atoms with van der Waals surface area (Å²) in [5.41, 5.74) is 5.90. The molecule has 0 saturated carbocycles. The molecule has 4 aliphatic rings. The summed E-state index contributed by atoms with van der Waals surface area (Å²) in [4.78, 5) is 43.7. The summed E-state index contributed by atoms with van der Waals surface area (Å²) in [7, 11) is 3.82. The quantitative estimate of drug-likeness (QED) is 0.356. The number of hydrogen-bond acceptors (Lipinski definition) is 8. The van der Waals surface area contributed by atoms with Crippen molar-refractivity contribution in [3.8, 4) is 0 Å². The Morgan fingerprint density at radius 3 is 2.51 bits per heavy atom. The van der Waals surface area contributed by atoms with E-state index < -0.39 is 0 Å². The van der Waals surface area contributed by atoms with Crippen molar-refractivity contribution in [3.63, 3.8) is 0 Å². The van der Waals surface area contributed by atoms with Crippen LogP contribution in [-0.2, 0) is 23.2 Å². The van der Waals surface area contributed by atoms with Gasteiger partial charge in [0.2, 0.25) is 11.8 Å². The van der Waals surface area contributed by atoms with Gasteiger partial charge in [-0.25, -0.2) is 4.68 Å². The summed E-state index contributed by atoms with van der Waals surface area (Å²) in [6, 6.07) is 17.8. The van der Waals surface area contributed by atoms with Crippen LogP contribution >= 0.6 is 15.9 Å². The zero-order chi connectivity index (χ0) is 32.7. The van der Waals surface area contributed by atoms with E-state index in [1.54, 1.807) is 13.2 Å². The Labute approximate surface area is 284 Å². The molecule has 2 aromatic carbocycles. The van der Waals surface area contributed by atoms with E-state index in [9.17, 15) is 14.4 Å². The highest BCUT2D eigenvalue weighted by atomic mass is 79.9. The number of nitrogens with zero attached hydrogens (tertiary/aromatic N) is 5. The lowest BCUT2D eigenvalue weighted by Crippen LogP contribution is -2.60. The molecule has 3 atom stereocenters. The Hall–Kier alpha value is -3.54. The highest BCUT2D eigenvalue weighted by Crippen LogP contribution is 2.43. The second kappa shape index (κ2) is 13.2. The molecule has 7 rings (SSSR count). The van der Waals surface area contributed by atoms with Gasteiger partial charge in [-0.1, -0.05) is 36.4 Å². The molecule has 2 amide bonds. The second-order valence-electron chi connectivity index (χ2n) is 14.3. The number of aromatic nitrogens is 2. The molecule has 1 aromatic heterocycles. The van der Waals surface area contributed by atoms with Gasteiger partial charge < -0.3 is 15.1 Å². The van der Waals surface area contributed by atoms with Gasteiger partial charge in [0.25, 0.3) is 5.56 Å². The molecule has 11 heteroatoms. The van der Waals surface area contributed by atoms with Gasteiger partial charge in [0.15, 0.2) is 0 Å². The van der Waals surface area contributed by atoms with Gasteiger partial charge in [0.05, 0.1) is 17.8 Å². The van der Waals surface area contributed by atoms with Crippen molar-refractivity contribution in [3.05, 3.63) is 86.2 Å². The van der Waals surface area contributed by atoms with E-state index >= 15 is 0 Å². The minimum atomic E-state index is -0.240. The van der Waals surface area contributed by atoms with Gasteiger partial charge in [-0.15, -0.1) is 0 Å². The molecule has 4 aliphatic heterocycles. The Balaban J connectivity index is 0.898. The van der Waals surface area contributed by atoms with Gasteiger partial charge in [0.1, 0.15) is 4.47 Å². The monoisotopic (exact) mass is 701 g/mol. The van der Waals surface area contributed by atoms with E-state index in [2.05, 4.69) is 89.8 Å². The first-order valence-corrected chi connectivity index (χ1v) is 17.6. The van der Waals surface area contributed by atoms with Crippen molar-refractivity contribution >= 4 is 39.1 Å². The van der Waals surface area contributed by atoms with Crippen molar-refractivity contribution in [1.82, 2.24) is 24.9 Å². The normalized spacial score (nSPS) is 25.0. The molecule has 47 heavy (non-hydrogen) atoms. The first-order valence-electron chi connectivity index (χ1n) is 16.8. The van der Waals surface area contributed by atoms with Gasteiger partial charge >= 0.3 is 0 Å². The number of carbonyl (C=O) groups excluding carboxylic acids is 2. The van der Waals surface area contributed by atoms with Crippen LogP contribution in [0.3, 0.4) is 0 Å². The molecule has 10 nitrogen and oxygen atoms in total. The summed E-state index contributed by atoms with van der Waals surface area (Å²) >= 11 is 3.45. The lowest BCUT2D eigenvalue weighted by Gasteiger charge is -2.55. The van der Waals surface area contributed by atoms with Gasteiger partial charge in [-0.2, -0.15) is 5.10 Å². The predicted molar refractivity (Wildman–Crippen MR) is 187 cm³/mol. The number of benzene rings is 2. The third kappa shape index (κ3) is 6.89. The van der Waals surface area contributed by atoms with E-state index in [-0.39, 0.29) is 29.3 Å². The molecule has 5 heterocycles. The number of halogens is 1. The average Bonchev–Trinajstić information content (AvgIpc) is 3.04. The van der Waals surface area contributed by atoms with Crippen molar-refractivity contribution in [2.75, 3.05) is 56.5 Å². The minimum absolute atomic E-state index is 0.140. The predicted octanol–water partition coefficient (Wildman–Crippen LogP) is 4.07. The lowest BCUT2D eigenvalue weighted by atomic mass is 9.71. The van der Waals surface area contributed by atoms with Crippen molar-refractivity contribution < 1.29 is 9.59 Å². The number of anilines is 2. The molecule has 4 fully saturated rings. The summed E-state index contributed by atoms with van der Waals surface area (Å²) in [6.07, 6.45) is 6.12. The van der Waals surface area contributed by atoms with Crippen LogP contribution in [0.2, 0.25) is 0 Å². The highest BCUT2D eigenvalue weighted by molar-refractivity contribution is 9.10. The fourth-order valence-corrected chi connectivity index (χ4v) is 8.52. The smallest absolute Gasteiger partial charge is 0.282 e. The molecule has 4 saturated heterocycles. The third-order valence-electron chi connectivity index (χ3n) is 10.8. The van der Waals surface area contributed by atoms with Crippen LogP contribution in [-0.4, -0.2) is 83.8 Å². The maximum absolute atomic E-state index is 12.4. The molecule has 0 radical (unpaired) electrons. The molecule has 1 spiro atoms. The number of likely N-dealkylation sites (tertiary alicyclic amines) is 2. The third-order valence-corrected chi connectivity index (χ3v) is 11.5. The molecular formula is C36H44BrN7O3. The fourth-order valence-electron chi connectivity index (χ4n) is 8.05. The van der Waals surface area contributed by atoms with Crippen LogP contribution in [0.1, 0.15) is 60.6 Å². The largest absolute Gasteiger partial charge is 0.379 e. The van der Waals surface area contributed by atoms with Crippen LogP contribution in [0, 0.1) is 5.41 Å². The number of aryl methyl sites for hydroxylation is 1. The topological polar surface area (TPSA) is 103 Å². The maximum atomic E-state index is 12.4. The van der Waals surface area contributed by atoms with Gasteiger partial charge in [0, 0.05) is 63.3 Å². The van der Waals surface area contributed by atoms with Crippen molar-refractivity contribution in [2.24, 2.45) is 12.5 Å². The number of amides is 2. The Kier molecular flexibility index (Phi) is 8.97. The molecule has 0 bridgehead atoms. The SMILES string of the molecule is CN1C[C@H](Nc2cnn(C)c(=O)c2Br)C[C@H](c2ccc(CN3CCC4(CC3)CN(c3cccc(C5CCC(=O)NC5=O)c3)C4)cc2)C1. The average molecular weight is 703 g/mol. The molecule has 1 unspecified atom stereocenters. The summed E-state index contributed by atoms with van der Waals surface area (Å²) in [6.45, 7) is 7.26. The number of imide groups is 1. The fraction of sp³-hybridized carbons (Fsp3) is 0.500. The highest BCUT2D eigenvalue weighted by Gasteiger charge is 2.45. The van der Waals surface area contributed by atoms with Gasteiger partial charge in [-0.3, -0.25) is 24.6 Å². The van der Waals surface area contributed by atoms with E-state index in [4.69, 9.17) is 0 Å². The number of likely N-dealkylation sites (N-methyl/N-ethyl adjacent to an activating group) is 1. The van der Waals surface area contributed by atoms with Crippen molar-refractivity contribution in [1.29, 1.82) is 0 Å². The first-order chi connectivity index (χ1) is 22.6. The number of rotatable bonds is 7. The van der Waals surface area contributed by atoms with Crippen LogP contribution in [0.15, 0.2) is 64.0 Å². The van der Waals surface area contributed by atoms with E-state index in [1.165, 1.54) is 34.3 Å². The van der Waals surface area contributed by atoms with Crippen LogP contribution in [0.4, 0.5) is 11.4 Å². The lowest BCUT2D eigenvalue weighted by molar-refractivity contribution is -0.134. The van der Waals surface area contributed by atoms with E-state index in [0.717, 1.165) is 63.5 Å². The first kappa shape index (κ1) is 32.0. The Morgan fingerprint density at radius 1 is 1.00 bits per heavy atom. The Morgan fingerprint density at radius 2 is 1.77 bits per heavy atom. The maximum Gasteiger partial charge on any atom is 0.282 e. The summed E-state index contributed by atoms with van der Waals surface area (Å²) < 4.78 is 1.86. The molecule has 248 valence electrons. The number of piperidine rings is 3. The molecule has 2 N–H and O–H groups in total. The Bertz CT molecular complexity index is 1690. The number of nitrogens with one attached hydrogen (secondary N) is 2. The molecule has 3 aromatic rings. The molecule has 0 aliphatic carbocycles. The molecular weight excluding hydrogens is 658 g/mol. The second-order valence-corrected chi connectivity index (χ2v) is 15.1. The zero-order valence-corrected chi connectivity index (χ0v) is 28.8. The number of carbonyl (C=O) groups is 2. The zero-order valence-electron chi connectivity index (χ0n) is 27.3. The number of hydrogen-bond donors (Lipinski definition) is 2. The van der Waals surface area contributed by atoms with Crippen molar-refractivity contribution in [2.45, 2.75) is 56.5 Å². The van der Waals surface area contributed by atoms with Crippen LogP contribution < -0.4 is 21.1 Å².